The minimum atomic E-state index is -0.227. The van der Waals surface area contributed by atoms with Crippen molar-refractivity contribution < 1.29 is 9.21 Å². The molecular weight excluding hydrogens is 280 g/mol. The summed E-state index contributed by atoms with van der Waals surface area (Å²) in [5.41, 5.74) is 1.63. The average Bonchev–Trinajstić information content (AvgIpc) is 3.16. The maximum Gasteiger partial charge on any atom is 0.287 e. The molecule has 114 valence electrons. The van der Waals surface area contributed by atoms with Crippen LogP contribution in [0, 0.1) is 0 Å². The van der Waals surface area contributed by atoms with E-state index in [0.717, 1.165) is 16.8 Å². The SMILES string of the molecule is CN(C)C(CNC(=O)c1nc2ccccc2[nH]1)c1ccco1. The molecule has 2 heterocycles. The van der Waals surface area contributed by atoms with E-state index in [1.54, 1.807) is 6.26 Å². The van der Waals surface area contributed by atoms with Crippen LogP contribution in [-0.2, 0) is 0 Å². The second kappa shape index (κ2) is 6.03. The zero-order chi connectivity index (χ0) is 15.5. The summed E-state index contributed by atoms with van der Waals surface area (Å²) in [6.45, 7) is 0.441. The maximum absolute atomic E-state index is 12.3. The summed E-state index contributed by atoms with van der Waals surface area (Å²) in [4.78, 5) is 21.6. The van der Waals surface area contributed by atoms with E-state index in [0.29, 0.717) is 12.4 Å². The molecule has 1 atom stereocenters. The second-order valence-electron chi connectivity index (χ2n) is 5.31. The minimum Gasteiger partial charge on any atom is -0.468 e. The molecule has 2 aromatic heterocycles. The monoisotopic (exact) mass is 298 g/mol. The molecule has 0 fully saturated rings. The van der Waals surface area contributed by atoms with Crippen molar-refractivity contribution in [2.75, 3.05) is 20.6 Å². The molecule has 0 aliphatic rings. The average molecular weight is 298 g/mol. The van der Waals surface area contributed by atoms with Gasteiger partial charge in [-0.3, -0.25) is 9.69 Å². The zero-order valence-corrected chi connectivity index (χ0v) is 12.5. The highest BCUT2D eigenvalue weighted by Crippen LogP contribution is 2.17. The first-order chi connectivity index (χ1) is 10.6. The quantitative estimate of drug-likeness (QED) is 0.757. The van der Waals surface area contributed by atoms with Crippen molar-refractivity contribution in [1.29, 1.82) is 0 Å². The minimum absolute atomic E-state index is 0.0247. The van der Waals surface area contributed by atoms with Crippen molar-refractivity contribution in [3.63, 3.8) is 0 Å². The van der Waals surface area contributed by atoms with Gasteiger partial charge in [-0.15, -0.1) is 0 Å². The molecule has 3 aromatic rings. The fourth-order valence-corrected chi connectivity index (χ4v) is 2.35. The third-order valence-electron chi connectivity index (χ3n) is 3.56. The summed E-state index contributed by atoms with van der Waals surface area (Å²) in [5.74, 6) is 0.905. The maximum atomic E-state index is 12.3. The van der Waals surface area contributed by atoms with Gasteiger partial charge in [-0.05, 0) is 38.4 Å². The Kier molecular flexibility index (Phi) is 3.93. The Morgan fingerprint density at radius 1 is 1.32 bits per heavy atom. The van der Waals surface area contributed by atoms with Crippen LogP contribution in [0.1, 0.15) is 22.4 Å². The van der Waals surface area contributed by atoms with Crippen molar-refractivity contribution >= 4 is 16.9 Å². The molecule has 0 saturated heterocycles. The lowest BCUT2D eigenvalue weighted by molar-refractivity contribution is 0.0930. The Morgan fingerprint density at radius 2 is 2.14 bits per heavy atom. The van der Waals surface area contributed by atoms with Crippen LogP contribution in [-0.4, -0.2) is 41.4 Å². The highest BCUT2D eigenvalue weighted by atomic mass is 16.3. The Labute approximate surface area is 128 Å². The number of nitrogens with zero attached hydrogens (tertiary/aromatic N) is 2. The van der Waals surface area contributed by atoms with Crippen molar-refractivity contribution in [3.05, 3.63) is 54.2 Å². The third-order valence-corrected chi connectivity index (χ3v) is 3.56. The van der Waals surface area contributed by atoms with Gasteiger partial charge in [0.15, 0.2) is 5.82 Å². The third kappa shape index (κ3) is 2.87. The molecule has 0 bridgehead atoms. The van der Waals surface area contributed by atoms with E-state index in [9.17, 15) is 4.79 Å². The number of rotatable bonds is 5. The van der Waals surface area contributed by atoms with Crippen LogP contribution in [0.2, 0.25) is 0 Å². The molecule has 3 rings (SSSR count). The number of hydrogen-bond acceptors (Lipinski definition) is 4. The van der Waals surface area contributed by atoms with Crippen LogP contribution in [0.3, 0.4) is 0 Å². The van der Waals surface area contributed by atoms with Crippen LogP contribution in [0.4, 0.5) is 0 Å². The topological polar surface area (TPSA) is 74.2 Å². The van der Waals surface area contributed by atoms with Crippen LogP contribution < -0.4 is 5.32 Å². The molecule has 0 saturated carbocycles. The number of imidazole rings is 1. The molecular formula is C16H18N4O2. The summed E-state index contributed by atoms with van der Waals surface area (Å²) in [6, 6.07) is 11.3. The highest BCUT2D eigenvalue weighted by molar-refractivity contribution is 5.94. The van der Waals surface area contributed by atoms with E-state index in [-0.39, 0.29) is 11.9 Å². The number of H-pyrrole nitrogens is 1. The first-order valence-electron chi connectivity index (χ1n) is 7.08. The lowest BCUT2D eigenvalue weighted by atomic mass is 10.2. The number of fused-ring (bicyclic) bond motifs is 1. The van der Waals surface area contributed by atoms with E-state index < -0.39 is 0 Å². The van der Waals surface area contributed by atoms with Crippen molar-refractivity contribution in [2.45, 2.75) is 6.04 Å². The molecule has 22 heavy (non-hydrogen) atoms. The fourth-order valence-electron chi connectivity index (χ4n) is 2.35. The normalized spacial score (nSPS) is 12.7. The lowest BCUT2D eigenvalue weighted by Gasteiger charge is -2.22. The molecule has 0 radical (unpaired) electrons. The number of amides is 1. The van der Waals surface area contributed by atoms with Crippen LogP contribution in [0.25, 0.3) is 11.0 Å². The number of nitrogens with one attached hydrogen (secondary N) is 2. The summed E-state index contributed by atoms with van der Waals surface area (Å²) in [7, 11) is 3.89. The van der Waals surface area contributed by atoms with Gasteiger partial charge in [0.2, 0.25) is 0 Å². The number of benzene rings is 1. The molecule has 0 spiro atoms. The Hall–Kier alpha value is -2.60. The smallest absolute Gasteiger partial charge is 0.287 e. The summed E-state index contributed by atoms with van der Waals surface area (Å²) in [6.07, 6.45) is 1.63. The van der Waals surface area contributed by atoms with E-state index >= 15 is 0 Å². The number of likely N-dealkylation sites (N-methyl/N-ethyl adjacent to an activating group) is 1. The first-order valence-corrected chi connectivity index (χ1v) is 7.08. The van der Waals surface area contributed by atoms with Crippen LogP contribution in [0.15, 0.2) is 47.1 Å². The number of aromatic amines is 1. The highest BCUT2D eigenvalue weighted by Gasteiger charge is 2.19. The van der Waals surface area contributed by atoms with Gasteiger partial charge in [-0.1, -0.05) is 12.1 Å². The van der Waals surface area contributed by atoms with Gasteiger partial charge in [0, 0.05) is 6.54 Å². The molecule has 2 N–H and O–H groups in total. The number of carbonyl (C=O) groups is 1. The molecule has 0 aliphatic carbocycles. The van der Waals surface area contributed by atoms with Gasteiger partial charge in [0.05, 0.1) is 23.3 Å². The molecule has 6 heteroatoms. The van der Waals surface area contributed by atoms with Crippen molar-refractivity contribution in [1.82, 2.24) is 20.2 Å². The first kappa shape index (κ1) is 14.3. The standard InChI is InChI=1S/C16H18N4O2/c1-20(2)13(14-8-5-9-22-14)10-17-16(21)15-18-11-6-3-4-7-12(11)19-15/h3-9,13H,10H2,1-2H3,(H,17,21)(H,18,19). The molecule has 6 nitrogen and oxygen atoms in total. The Morgan fingerprint density at radius 3 is 2.82 bits per heavy atom. The predicted octanol–water partition coefficient (Wildman–Crippen LogP) is 2.19. The predicted molar refractivity (Wildman–Crippen MR) is 83.6 cm³/mol. The van der Waals surface area contributed by atoms with Crippen LogP contribution >= 0.6 is 0 Å². The van der Waals surface area contributed by atoms with Crippen LogP contribution in [0.5, 0.6) is 0 Å². The van der Waals surface area contributed by atoms with Gasteiger partial charge in [-0.2, -0.15) is 0 Å². The molecule has 0 aliphatic heterocycles. The van der Waals surface area contributed by atoms with Crippen molar-refractivity contribution in [3.8, 4) is 0 Å². The zero-order valence-electron chi connectivity index (χ0n) is 12.5. The molecule has 1 amide bonds. The molecule has 1 aromatic carbocycles. The van der Waals surface area contributed by atoms with E-state index in [2.05, 4.69) is 15.3 Å². The van der Waals surface area contributed by atoms with E-state index in [1.807, 2.05) is 55.4 Å². The van der Waals surface area contributed by atoms with Gasteiger partial charge in [-0.25, -0.2) is 4.98 Å². The number of hydrogen-bond donors (Lipinski definition) is 2. The molecule has 1 unspecified atom stereocenters. The lowest BCUT2D eigenvalue weighted by Crippen LogP contribution is -2.34. The van der Waals surface area contributed by atoms with Gasteiger partial charge < -0.3 is 14.7 Å². The summed E-state index contributed by atoms with van der Waals surface area (Å²) < 4.78 is 5.43. The Balaban J connectivity index is 1.71. The van der Waals surface area contributed by atoms with Gasteiger partial charge in [0.1, 0.15) is 5.76 Å². The van der Waals surface area contributed by atoms with Gasteiger partial charge in [0.25, 0.3) is 5.91 Å². The van der Waals surface area contributed by atoms with E-state index in [1.165, 1.54) is 0 Å². The number of para-hydroxylation sites is 2. The summed E-state index contributed by atoms with van der Waals surface area (Å²) in [5, 5.41) is 2.90. The van der Waals surface area contributed by atoms with E-state index in [4.69, 9.17) is 4.42 Å². The second-order valence-corrected chi connectivity index (χ2v) is 5.31. The Bertz CT molecular complexity index is 728. The summed E-state index contributed by atoms with van der Waals surface area (Å²) >= 11 is 0. The number of carbonyl (C=O) groups excluding carboxylic acids is 1. The largest absolute Gasteiger partial charge is 0.468 e. The van der Waals surface area contributed by atoms with Gasteiger partial charge >= 0.3 is 0 Å². The number of furan rings is 1. The number of aromatic nitrogens is 2. The fraction of sp³-hybridized carbons (Fsp3) is 0.250. The van der Waals surface area contributed by atoms with Crippen molar-refractivity contribution in [2.24, 2.45) is 0 Å².